The summed E-state index contributed by atoms with van der Waals surface area (Å²) in [5.74, 6) is -1.68. The fourth-order valence-corrected chi connectivity index (χ4v) is 3.36. The van der Waals surface area contributed by atoms with Crippen molar-refractivity contribution in [3.63, 3.8) is 0 Å². The minimum atomic E-state index is -3.79. The minimum absolute atomic E-state index is 0.335. The summed E-state index contributed by atoms with van der Waals surface area (Å²) < 4.78 is 22.0. The molecule has 1 aliphatic carbocycles. The standard InChI is InChI=1S/C12H19N3O5S/c13-21(19,20)8-7-15-10(17)12(9(16)14-11(15)18)5-3-1-2-4-6-12/h1-8H2,(H2,13,19,20)(H,14,16,18). The number of hydrogen-bond acceptors (Lipinski definition) is 5. The van der Waals surface area contributed by atoms with Crippen LogP contribution in [0.1, 0.15) is 38.5 Å². The van der Waals surface area contributed by atoms with Gasteiger partial charge in [0, 0.05) is 6.54 Å². The van der Waals surface area contributed by atoms with Gasteiger partial charge in [0.05, 0.1) is 5.75 Å². The zero-order chi connectivity index (χ0) is 15.7. The number of amides is 4. The second-order valence-electron chi connectivity index (χ2n) is 5.58. The summed E-state index contributed by atoms with van der Waals surface area (Å²) in [4.78, 5) is 37.4. The number of nitrogens with two attached hydrogens (primary N) is 1. The topological polar surface area (TPSA) is 127 Å². The van der Waals surface area contributed by atoms with Crippen LogP contribution in [-0.2, 0) is 19.6 Å². The van der Waals surface area contributed by atoms with Gasteiger partial charge in [0.15, 0.2) is 0 Å². The lowest BCUT2D eigenvalue weighted by Crippen LogP contribution is -2.64. The molecule has 0 atom stereocenters. The van der Waals surface area contributed by atoms with E-state index in [4.69, 9.17) is 5.14 Å². The van der Waals surface area contributed by atoms with Gasteiger partial charge in [-0.25, -0.2) is 18.4 Å². The smallest absolute Gasteiger partial charge is 0.277 e. The molecule has 21 heavy (non-hydrogen) atoms. The number of rotatable bonds is 3. The Morgan fingerprint density at radius 3 is 2.19 bits per heavy atom. The maximum atomic E-state index is 12.6. The Morgan fingerprint density at radius 1 is 1.10 bits per heavy atom. The van der Waals surface area contributed by atoms with Gasteiger partial charge in [-0.3, -0.25) is 19.8 Å². The highest BCUT2D eigenvalue weighted by Gasteiger charge is 2.53. The minimum Gasteiger partial charge on any atom is -0.277 e. The van der Waals surface area contributed by atoms with Crippen LogP contribution in [0.5, 0.6) is 0 Å². The summed E-state index contributed by atoms with van der Waals surface area (Å²) in [6, 6.07) is -0.872. The normalized spacial score (nSPS) is 23.1. The van der Waals surface area contributed by atoms with E-state index in [1.165, 1.54) is 0 Å². The first-order valence-corrected chi connectivity index (χ1v) is 8.66. The number of sulfonamides is 1. The van der Waals surface area contributed by atoms with E-state index < -0.39 is 39.0 Å². The Morgan fingerprint density at radius 2 is 1.67 bits per heavy atom. The van der Waals surface area contributed by atoms with Gasteiger partial charge < -0.3 is 0 Å². The van der Waals surface area contributed by atoms with Crippen molar-refractivity contribution in [1.82, 2.24) is 10.2 Å². The number of nitrogens with one attached hydrogen (secondary N) is 1. The Bertz CT molecular complexity index is 563. The molecule has 3 N–H and O–H groups in total. The molecule has 2 aliphatic rings. The van der Waals surface area contributed by atoms with Crippen LogP contribution in [0.25, 0.3) is 0 Å². The molecule has 8 nitrogen and oxygen atoms in total. The molecule has 4 amide bonds. The summed E-state index contributed by atoms with van der Waals surface area (Å²) in [7, 11) is -3.79. The van der Waals surface area contributed by atoms with Crippen LogP contribution in [0.2, 0.25) is 0 Å². The predicted octanol–water partition coefficient (Wildman–Crippen LogP) is -0.306. The van der Waals surface area contributed by atoms with Crippen LogP contribution in [0.3, 0.4) is 0 Å². The maximum Gasteiger partial charge on any atom is 0.330 e. The highest BCUT2D eigenvalue weighted by molar-refractivity contribution is 7.89. The fourth-order valence-electron chi connectivity index (χ4n) is 2.93. The number of nitrogens with zero attached hydrogens (tertiary/aromatic N) is 1. The molecule has 1 spiro atoms. The number of carbonyl (C=O) groups excluding carboxylic acids is 3. The predicted molar refractivity (Wildman–Crippen MR) is 73.4 cm³/mol. The first-order chi connectivity index (χ1) is 9.76. The quantitative estimate of drug-likeness (QED) is 0.691. The summed E-state index contributed by atoms with van der Waals surface area (Å²) in [5, 5.41) is 7.08. The molecule has 0 aromatic rings. The Kier molecular flexibility index (Phi) is 4.33. The van der Waals surface area contributed by atoms with Crippen molar-refractivity contribution in [2.45, 2.75) is 38.5 Å². The molecule has 0 aromatic carbocycles. The third-order valence-corrected chi connectivity index (χ3v) is 4.86. The van der Waals surface area contributed by atoms with Gasteiger partial charge in [0.1, 0.15) is 5.41 Å². The summed E-state index contributed by atoms with van der Waals surface area (Å²) in [6.45, 7) is -0.335. The van der Waals surface area contributed by atoms with E-state index in [0.29, 0.717) is 12.8 Å². The van der Waals surface area contributed by atoms with E-state index in [1.807, 2.05) is 0 Å². The van der Waals surface area contributed by atoms with Gasteiger partial charge in [-0.2, -0.15) is 0 Å². The molecule has 9 heteroatoms. The first kappa shape index (κ1) is 15.9. The van der Waals surface area contributed by atoms with Gasteiger partial charge in [-0.1, -0.05) is 25.7 Å². The summed E-state index contributed by atoms with van der Waals surface area (Å²) in [5.41, 5.74) is -1.23. The number of imide groups is 2. The van der Waals surface area contributed by atoms with Crippen LogP contribution in [0.15, 0.2) is 0 Å². The number of carbonyl (C=O) groups is 3. The van der Waals surface area contributed by atoms with E-state index in [2.05, 4.69) is 5.32 Å². The SMILES string of the molecule is NS(=O)(=O)CCN1C(=O)NC(=O)C2(CCCCCC2)C1=O. The zero-order valence-corrected chi connectivity index (χ0v) is 12.4. The van der Waals surface area contributed by atoms with E-state index in [1.54, 1.807) is 0 Å². The van der Waals surface area contributed by atoms with E-state index in [9.17, 15) is 22.8 Å². The van der Waals surface area contributed by atoms with Crippen LogP contribution < -0.4 is 10.5 Å². The average Bonchev–Trinajstić information content (AvgIpc) is 2.62. The average molecular weight is 317 g/mol. The van der Waals surface area contributed by atoms with Gasteiger partial charge in [-0.05, 0) is 12.8 Å². The van der Waals surface area contributed by atoms with Gasteiger partial charge in [0.25, 0.3) is 0 Å². The molecule has 2 fully saturated rings. The molecular formula is C12H19N3O5S. The third-order valence-electron chi connectivity index (χ3n) is 4.11. The number of primary sulfonamides is 1. The van der Waals surface area contributed by atoms with Crippen LogP contribution in [0, 0.1) is 5.41 Å². The van der Waals surface area contributed by atoms with Gasteiger partial charge in [-0.15, -0.1) is 0 Å². The zero-order valence-electron chi connectivity index (χ0n) is 11.6. The highest BCUT2D eigenvalue weighted by Crippen LogP contribution is 2.38. The number of hydrogen-bond donors (Lipinski definition) is 2. The lowest BCUT2D eigenvalue weighted by molar-refractivity contribution is -0.152. The molecular weight excluding hydrogens is 298 g/mol. The second kappa shape index (κ2) is 5.72. The van der Waals surface area contributed by atoms with Crippen molar-refractivity contribution in [1.29, 1.82) is 0 Å². The molecule has 1 heterocycles. The Hall–Kier alpha value is -1.48. The molecule has 0 unspecified atom stereocenters. The molecule has 1 saturated carbocycles. The Labute approximate surface area is 123 Å². The van der Waals surface area contributed by atoms with E-state index >= 15 is 0 Å². The monoisotopic (exact) mass is 317 g/mol. The van der Waals surface area contributed by atoms with Crippen LogP contribution in [0.4, 0.5) is 4.79 Å². The van der Waals surface area contributed by atoms with E-state index in [-0.39, 0.29) is 6.54 Å². The van der Waals surface area contributed by atoms with Crippen molar-refractivity contribution >= 4 is 27.9 Å². The third kappa shape index (κ3) is 3.24. The lowest BCUT2D eigenvalue weighted by atomic mass is 9.77. The summed E-state index contributed by atoms with van der Waals surface area (Å²) >= 11 is 0. The van der Waals surface area contributed by atoms with Crippen molar-refractivity contribution in [3.8, 4) is 0 Å². The molecule has 0 aromatic heterocycles. The van der Waals surface area contributed by atoms with Crippen molar-refractivity contribution < 1.29 is 22.8 Å². The van der Waals surface area contributed by atoms with Crippen molar-refractivity contribution in [3.05, 3.63) is 0 Å². The highest BCUT2D eigenvalue weighted by atomic mass is 32.2. The Balaban J connectivity index is 2.24. The van der Waals surface area contributed by atoms with Crippen LogP contribution >= 0.6 is 0 Å². The lowest BCUT2D eigenvalue weighted by Gasteiger charge is -2.38. The molecule has 2 rings (SSSR count). The van der Waals surface area contributed by atoms with E-state index in [0.717, 1.165) is 30.6 Å². The number of urea groups is 1. The van der Waals surface area contributed by atoms with Gasteiger partial charge in [0.2, 0.25) is 21.8 Å². The molecule has 1 aliphatic heterocycles. The maximum absolute atomic E-state index is 12.6. The molecule has 0 radical (unpaired) electrons. The van der Waals surface area contributed by atoms with Crippen molar-refractivity contribution in [2.75, 3.05) is 12.3 Å². The largest absolute Gasteiger partial charge is 0.330 e. The molecule has 118 valence electrons. The first-order valence-electron chi connectivity index (χ1n) is 6.94. The molecule has 0 bridgehead atoms. The van der Waals surface area contributed by atoms with Gasteiger partial charge >= 0.3 is 6.03 Å². The fraction of sp³-hybridized carbons (Fsp3) is 0.750. The van der Waals surface area contributed by atoms with Crippen molar-refractivity contribution in [2.24, 2.45) is 10.6 Å². The molecule has 1 saturated heterocycles. The summed E-state index contributed by atoms with van der Waals surface area (Å²) in [6.07, 6.45) is 4.11. The number of barbiturate groups is 1. The second-order valence-corrected chi connectivity index (χ2v) is 7.31. The van der Waals surface area contributed by atoms with Crippen LogP contribution in [-0.4, -0.2) is 43.5 Å².